The second kappa shape index (κ2) is 5.25. The van der Waals surface area contributed by atoms with Crippen LogP contribution in [-0.4, -0.2) is 36.1 Å². The van der Waals surface area contributed by atoms with Crippen molar-refractivity contribution in [1.29, 1.82) is 0 Å². The van der Waals surface area contributed by atoms with Crippen LogP contribution in [0.1, 0.15) is 33.1 Å². The van der Waals surface area contributed by atoms with E-state index in [2.05, 4.69) is 11.8 Å². The number of rotatable bonds is 4. The topological polar surface area (TPSA) is 37.4 Å². The maximum atomic E-state index is 11.4. The summed E-state index contributed by atoms with van der Waals surface area (Å²) in [6.07, 6.45) is 2.20. The minimum atomic E-state index is 0.204. The fourth-order valence-electron chi connectivity index (χ4n) is 1.85. The third-order valence-electron chi connectivity index (χ3n) is 2.88. The third kappa shape index (κ3) is 3.22. The van der Waals surface area contributed by atoms with E-state index in [1.807, 2.05) is 0 Å². The predicted octanol–water partition coefficient (Wildman–Crippen LogP) is 1.27. The third-order valence-corrected chi connectivity index (χ3v) is 2.88. The zero-order valence-electron chi connectivity index (χ0n) is 9.08. The van der Waals surface area contributed by atoms with Gasteiger partial charge in [0.15, 0.2) is 0 Å². The van der Waals surface area contributed by atoms with Gasteiger partial charge in [-0.3, -0.25) is 9.59 Å². The second-order valence-corrected chi connectivity index (χ2v) is 4.07. The lowest BCUT2D eigenvalue weighted by molar-refractivity contribution is -0.126. The molecule has 0 spiro atoms. The quantitative estimate of drug-likeness (QED) is 0.681. The molecule has 1 aliphatic rings. The predicted molar refractivity (Wildman–Crippen MR) is 55.1 cm³/mol. The van der Waals surface area contributed by atoms with Gasteiger partial charge in [-0.05, 0) is 13.3 Å². The van der Waals surface area contributed by atoms with Crippen molar-refractivity contribution >= 4 is 11.6 Å². The zero-order valence-corrected chi connectivity index (χ0v) is 9.08. The van der Waals surface area contributed by atoms with Gasteiger partial charge in [0.05, 0.1) is 0 Å². The van der Waals surface area contributed by atoms with E-state index in [9.17, 15) is 9.59 Å². The molecule has 0 bridgehead atoms. The maximum Gasteiger partial charge on any atom is 0.138 e. The van der Waals surface area contributed by atoms with Gasteiger partial charge in [-0.25, -0.2) is 0 Å². The van der Waals surface area contributed by atoms with Crippen LogP contribution < -0.4 is 0 Å². The highest BCUT2D eigenvalue weighted by Gasteiger charge is 2.25. The Balaban J connectivity index is 2.34. The highest BCUT2D eigenvalue weighted by molar-refractivity contribution is 5.82. The minimum Gasteiger partial charge on any atom is -0.302 e. The lowest BCUT2D eigenvalue weighted by atomic mass is 9.94. The Morgan fingerprint density at radius 3 is 2.86 bits per heavy atom. The number of carbonyl (C=O) groups excluding carboxylic acids is 2. The molecule has 1 saturated heterocycles. The lowest BCUT2D eigenvalue weighted by Crippen LogP contribution is -2.41. The number of likely N-dealkylation sites (tertiary alicyclic amines) is 1. The van der Waals surface area contributed by atoms with Crippen LogP contribution >= 0.6 is 0 Å². The Hall–Kier alpha value is -0.700. The van der Waals surface area contributed by atoms with Crippen LogP contribution in [0.2, 0.25) is 0 Å². The van der Waals surface area contributed by atoms with Gasteiger partial charge >= 0.3 is 0 Å². The van der Waals surface area contributed by atoms with E-state index in [0.717, 1.165) is 26.1 Å². The number of hydrogen-bond acceptors (Lipinski definition) is 3. The molecule has 1 atom stereocenters. The van der Waals surface area contributed by atoms with E-state index in [0.29, 0.717) is 18.6 Å². The van der Waals surface area contributed by atoms with Crippen LogP contribution in [-0.2, 0) is 9.59 Å². The van der Waals surface area contributed by atoms with Crippen molar-refractivity contribution in [1.82, 2.24) is 4.90 Å². The molecule has 3 nitrogen and oxygen atoms in total. The van der Waals surface area contributed by atoms with Gasteiger partial charge in [0.1, 0.15) is 11.6 Å². The summed E-state index contributed by atoms with van der Waals surface area (Å²) in [5, 5.41) is 0. The molecule has 0 aromatic rings. The van der Waals surface area contributed by atoms with E-state index in [1.165, 1.54) is 0 Å². The summed E-state index contributed by atoms with van der Waals surface area (Å²) in [5.74, 6) is 0.831. The van der Waals surface area contributed by atoms with Crippen molar-refractivity contribution in [2.75, 3.05) is 19.6 Å². The Labute approximate surface area is 85.5 Å². The standard InChI is InChI=1S/C11H19NO2/c1-3-10-8-12(6-4-9(2)13)7-5-11(10)14/h10H,3-8H2,1-2H3. The molecular formula is C11H19NO2. The normalized spacial score (nSPS) is 23.9. The van der Waals surface area contributed by atoms with E-state index in [-0.39, 0.29) is 11.7 Å². The zero-order chi connectivity index (χ0) is 10.6. The molecule has 80 valence electrons. The summed E-state index contributed by atoms with van der Waals surface area (Å²) in [6, 6.07) is 0. The maximum absolute atomic E-state index is 11.4. The van der Waals surface area contributed by atoms with Crippen molar-refractivity contribution in [3.8, 4) is 0 Å². The van der Waals surface area contributed by atoms with Crippen LogP contribution in [0.5, 0.6) is 0 Å². The molecule has 1 aliphatic heterocycles. The molecule has 0 saturated carbocycles. The first-order valence-corrected chi connectivity index (χ1v) is 5.38. The molecule has 0 radical (unpaired) electrons. The Morgan fingerprint density at radius 2 is 2.29 bits per heavy atom. The summed E-state index contributed by atoms with van der Waals surface area (Å²) < 4.78 is 0. The number of carbonyl (C=O) groups is 2. The van der Waals surface area contributed by atoms with Crippen molar-refractivity contribution < 1.29 is 9.59 Å². The number of ketones is 2. The van der Waals surface area contributed by atoms with E-state index < -0.39 is 0 Å². The van der Waals surface area contributed by atoms with Crippen molar-refractivity contribution in [2.45, 2.75) is 33.1 Å². The first-order valence-electron chi connectivity index (χ1n) is 5.38. The van der Waals surface area contributed by atoms with Gasteiger partial charge in [-0.15, -0.1) is 0 Å². The molecule has 1 rings (SSSR count). The Bertz CT molecular complexity index is 225. The molecule has 0 N–H and O–H groups in total. The van der Waals surface area contributed by atoms with Crippen LogP contribution in [0.4, 0.5) is 0 Å². The lowest BCUT2D eigenvalue weighted by Gasteiger charge is -2.30. The van der Waals surface area contributed by atoms with Crippen LogP contribution in [0.3, 0.4) is 0 Å². The Morgan fingerprint density at radius 1 is 1.57 bits per heavy atom. The summed E-state index contributed by atoms with van der Waals surface area (Å²) in [6.45, 7) is 6.17. The summed E-state index contributed by atoms with van der Waals surface area (Å²) in [4.78, 5) is 24.5. The van der Waals surface area contributed by atoms with Gasteiger partial charge in [-0.2, -0.15) is 0 Å². The van der Waals surface area contributed by atoms with Gasteiger partial charge < -0.3 is 4.90 Å². The van der Waals surface area contributed by atoms with Crippen molar-refractivity contribution in [3.63, 3.8) is 0 Å². The van der Waals surface area contributed by atoms with Gasteiger partial charge in [0, 0.05) is 38.4 Å². The number of Topliss-reactive ketones (excluding diaryl/α,β-unsaturated/α-hetero) is 2. The van der Waals surface area contributed by atoms with Crippen LogP contribution in [0.25, 0.3) is 0 Å². The number of piperidine rings is 1. The monoisotopic (exact) mass is 197 g/mol. The van der Waals surface area contributed by atoms with Gasteiger partial charge in [0.2, 0.25) is 0 Å². The van der Waals surface area contributed by atoms with Crippen LogP contribution in [0, 0.1) is 5.92 Å². The fourth-order valence-corrected chi connectivity index (χ4v) is 1.85. The molecule has 0 amide bonds. The smallest absolute Gasteiger partial charge is 0.138 e. The van der Waals surface area contributed by atoms with Crippen molar-refractivity contribution in [3.05, 3.63) is 0 Å². The highest BCUT2D eigenvalue weighted by atomic mass is 16.1. The molecule has 0 aromatic carbocycles. The molecule has 1 unspecified atom stereocenters. The molecule has 14 heavy (non-hydrogen) atoms. The molecular weight excluding hydrogens is 178 g/mol. The summed E-state index contributed by atoms with van der Waals surface area (Å²) in [7, 11) is 0. The van der Waals surface area contributed by atoms with E-state index in [4.69, 9.17) is 0 Å². The first-order chi connectivity index (χ1) is 6.63. The molecule has 1 fully saturated rings. The highest BCUT2D eigenvalue weighted by Crippen LogP contribution is 2.15. The summed E-state index contributed by atoms with van der Waals surface area (Å²) in [5.41, 5.74) is 0. The second-order valence-electron chi connectivity index (χ2n) is 4.07. The van der Waals surface area contributed by atoms with Crippen LogP contribution in [0.15, 0.2) is 0 Å². The average molecular weight is 197 g/mol. The number of hydrogen-bond donors (Lipinski definition) is 0. The van der Waals surface area contributed by atoms with Gasteiger partial charge in [0.25, 0.3) is 0 Å². The summed E-state index contributed by atoms with van der Waals surface area (Å²) >= 11 is 0. The van der Waals surface area contributed by atoms with Crippen molar-refractivity contribution in [2.24, 2.45) is 5.92 Å². The minimum absolute atomic E-state index is 0.204. The Kier molecular flexibility index (Phi) is 4.26. The van der Waals surface area contributed by atoms with Gasteiger partial charge in [-0.1, -0.05) is 6.92 Å². The fraction of sp³-hybridized carbons (Fsp3) is 0.818. The van der Waals surface area contributed by atoms with E-state index in [1.54, 1.807) is 6.92 Å². The van der Waals surface area contributed by atoms with E-state index >= 15 is 0 Å². The molecule has 3 heteroatoms. The molecule has 0 aliphatic carbocycles. The number of nitrogens with zero attached hydrogens (tertiary/aromatic N) is 1. The molecule has 0 aromatic heterocycles. The average Bonchev–Trinajstić information content (AvgIpc) is 2.16. The SMILES string of the molecule is CCC1CN(CCC(C)=O)CCC1=O. The molecule has 1 heterocycles. The first kappa shape index (κ1) is 11.4. The largest absolute Gasteiger partial charge is 0.302 e.